The van der Waals surface area contributed by atoms with E-state index in [1.165, 1.54) is 0 Å². The number of hydrogen-bond donors (Lipinski definition) is 2. The summed E-state index contributed by atoms with van der Waals surface area (Å²) in [5, 5.41) is 9.50. The third-order valence-electron chi connectivity index (χ3n) is 2.54. The first-order valence-corrected chi connectivity index (χ1v) is 5.49. The van der Waals surface area contributed by atoms with E-state index < -0.39 is 0 Å². The SMILES string of the molecule is NC(CCO)c1cc(Cl)cc2c1OCOC2. The molecule has 0 amide bonds. The molecule has 1 atom stereocenters. The molecule has 1 aromatic rings. The van der Waals surface area contributed by atoms with Gasteiger partial charge in [0.05, 0.1) is 6.61 Å². The topological polar surface area (TPSA) is 64.7 Å². The van der Waals surface area contributed by atoms with Crippen molar-refractivity contribution in [3.05, 3.63) is 28.3 Å². The van der Waals surface area contributed by atoms with Crippen LogP contribution in [0.4, 0.5) is 0 Å². The van der Waals surface area contributed by atoms with Crippen LogP contribution < -0.4 is 10.5 Å². The van der Waals surface area contributed by atoms with Crippen LogP contribution in [0.1, 0.15) is 23.6 Å². The van der Waals surface area contributed by atoms with E-state index in [9.17, 15) is 0 Å². The van der Waals surface area contributed by atoms with Crippen LogP contribution in [0.25, 0.3) is 0 Å². The van der Waals surface area contributed by atoms with Crippen LogP contribution in [0.3, 0.4) is 0 Å². The van der Waals surface area contributed by atoms with Crippen molar-refractivity contribution in [2.45, 2.75) is 19.1 Å². The summed E-state index contributed by atoms with van der Waals surface area (Å²) in [5.41, 5.74) is 7.70. The van der Waals surface area contributed by atoms with Crippen molar-refractivity contribution in [3.63, 3.8) is 0 Å². The first-order valence-electron chi connectivity index (χ1n) is 5.11. The summed E-state index contributed by atoms with van der Waals surface area (Å²) in [5.74, 6) is 0.747. The van der Waals surface area contributed by atoms with Gasteiger partial charge in [-0.15, -0.1) is 0 Å². The number of benzene rings is 1. The lowest BCUT2D eigenvalue weighted by molar-refractivity contribution is -0.0173. The van der Waals surface area contributed by atoms with Gasteiger partial charge >= 0.3 is 0 Å². The highest BCUT2D eigenvalue weighted by Crippen LogP contribution is 2.35. The Kier molecular flexibility index (Phi) is 3.66. The molecule has 0 saturated heterocycles. The number of aliphatic hydroxyl groups excluding tert-OH is 1. The molecule has 16 heavy (non-hydrogen) atoms. The van der Waals surface area contributed by atoms with Gasteiger partial charge in [0, 0.05) is 28.8 Å². The molecule has 1 aliphatic rings. The molecule has 1 aromatic carbocycles. The maximum Gasteiger partial charge on any atom is 0.189 e. The fourth-order valence-electron chi connectivity index (χ4n) is 1.78. The van der Waals surface area contributed by atoms with Crippen molar-refractivity contribution in [2.24, 2.45) is 5.73 Å². The number of nitrogens with two attached hydrogens (primary N) is 1. The van der Waals surface area contributed by atoms with E-state index in [-0.39, 0.29) is 19.4 Å². The highest BCUT2D eigenvalue weighted by molar-refractivity contribution is 6.30. The molecule has 88 valence electrons. The maximum atomic E-state index is 8.89. The highest BCUT2D eigenvalue weighted by atomic mass is 35.5. The third kappa shape index (κ3) is 2.30. The van der Waals surface area contributed by atoms with E-state index in [1.807, 2.05) is 6.07 Å². The Bertz CT molecular complexity index is 384. The summed E-state index contributed by atoms with van der Waals surface area (Å²) >= 11 is 6.00. The van der Waals surface area contributed by atoms with Gasteiger partial charge in [0.25, 0.3) is 0 Å². The quantitative estimate of drug-likeness (QED) is 0.846. The monoisotopic (exact) mass is 243 g/mol. The van der Waals surface area contributed by atoms with Gasteiger partial charge in [-0.05, 0) is 18.6 Å². The summed E-state index contributed by atoms with van der Waals surface area (Å²) < 4.78 is 10.6. The molecule has 0 saturated carbocycles. The molecule has 0 aromatic heterocycles. The van der Waals surface area contributed by atoms with Gasteiger partial charge in [-0.3, -0.25) is 0 Å². The molecule has 3 N–H and O–H groups in total. The summed E-state index contributed by atoms with van der Waals surface area (Å²) in [6.07, 6.45) is 0.483. The second-order valence-corrected chi connectivity index (χ2v) is 4.15. The lowest BCUT2D eigenvalue weighted by Crippen LogP contribution is -2.18. The smallest absolute Gasteiger partial charge is 0.189 e. The molecule has 0 bridgehead atoms. The molecule has 5 heteroatoms. The van der Waals surface area contributed by atoms with Crippen LogP contribution in [0.2, 0.25) is 5.02 Å². The Balaban J connectivity index is 2.38. The van der Waals surface area contributed by atoms with E-state index in [2.05, 4.69) is 0 Å². The van der Waals surface area contributed by atoms with Crippen molar-refractivity contribution in [1.29, 1.82) is 0 Å². The summed E-state index contributed by atoms with van der Waals surface area (Å²) in [6, 6.07) is 3.33. The van der Waals surface area contributed by atoms with Gasteiger partial charge in [0.1, 0.15) is 5.75 Å². The largest absolute Gasteiger partial charge is 0.467 e. The Morgan fingerprint density at radius 1 is 1.50 bits per heavy atom. The number of rotatable bonds is 3. The number of ether oxygens (including phenoxy) is 2. The maximum absolute atomic E-state index is 8.89. The van der Waals surface area contributed by atoms with E-state index in [0.717, 1.165) is 16.9 Å². The molecule has 4 nitrogen and oxygen atoms in total. The lowest BCUT2D eigenvalue weighted by atomic mass is 10.0. The molecule has 0 radical (unpaired) electrons. The van der Waals surface area contributed by atoms with Crippen LogP contribution in [-0.2, 0) is 11.3 Å². The number of hydrogen-bond acceptors (Lipinski definition) is 4. The van der Waals surface area contributed by atoms with E-state index in [4.69, 9.17) is 31.9 Å². The molecule has 2 rings (SSSR count). The zero-order chi connectivity index (χ0) is 11.5. The minimum absolute atomic E-state index is 0.0406. The van der Waals surface area contributed by atoms with Crippen LogP contribution in [0.15, 0.2) is 12.1 Å². The number of halogens is 1. The van der Waals surface area contributed by atoms with Crippen molar-refractivity contribution in [1.82, 2.24) is 0 Å². The van der Waals surface area contributed by atoms with Crippen LogP contribution >= 0.6 is 11.6 Å². The Labute approximate surface area is 98.9 Å². The van der Waals surface area contributed by atoms with E-state index in [1.54, 1.807) is 6.07 Å². The normalized spacial score (nSPS) is 16.4. The number of fused-ring (bicyclic) bond motifs is 1. The zero-order valence-corrected chi connectivity index (χ0v) is 9.54. The highest BCUT2D eigenvalue weighted by Gasteiger charge is 2.20. The van der Waals surface area contributed by atoms with Gasteiger partial charge in [-0.25, -0.2) is 0 Å². The Hall–Kier alpha value is -0.810. The average Bonchev–Trinajstić information content (AvgIpc) is 2.28. The van der Waals surface area contributed by atoms with Gasteiger partial charge in [-0.1, -0.05) is 11.6 Å². The van der Waals surface area contributed by atoms with Crippen molar-refractivity contribution in [2.75, 3.05) is 13.4 Å². The molecule has 0 aliphatic carbocycles. The van der Waals surface area contributed by atoms with Crippen molar-refractivity contribution >= 4 is 11.6 Å². The minimum atomic E-state index is -0.268. The number of aliphatic hydroxyl groups is 1. The van der Waals surface area contributed by atoms with Gasteiger partial charge in [0.2, 0.25) is 0 Å². The minimum Gasteiger partial charge on any atom is -0.467 e. The first-order chi connectivity index (χ1) is 7.72. The summed E-state index contributed by atoms with van der Waals surface area (Å²) in [4.78, 5) is 0. The van der Waals surface area contributed by atoms with Crippen LogP contribution in [0, 0.1) is 0 Å². The van der Waals surface area contributed by atoms with Gasteiger partial charge in [0.15, 0.2) is 6.79 Å². The van der Waals surface area contributed by atoms with Crippen LogP contribution in [-0.4, -0.2) is 18.5 Å². The lowest BCUT2D eigenvalue weighted by Gasteiger charge is -2.23. The summed E-state index contributed by atoms with van der Waals surface area (Å²) in [7, 11) is 0. The van der Waals surface area contributed by atoms with E-state index in [0.29, 0.717) is 18.1 Å². The molecule has 1 heterocycles. The molecule has 1 aliphatic heterocycles. The third-order valence-corrected chi connectivity index (χ3v) is 2.76. The standard InChI is InChI=1S/C11H14ClNO3/c12-8-3-7-5-15-6-16-11(7)9(4-8)10(13)1-2-14/h3-4,10,14H,1-2,5-6,13H2. The van der Waals surface area contributed by atoms with Crippen molar-refractivity contribution in [3.8, 4) is 5.75 Å². The van der Waals surface area contributed by atoms with Gasteiger partial charge in [-0.2, -0.15) is 0 Å². The Morgan fingerprint density at radius 3 is 3.06 bits per heavy atom. The second kappa shape index (κ2) is 5.01. The average molecular weight is 244 g/mol. The molecule has 0 spiro atoms. The first kappa shape index (κ1) is 11.7. The van der Waals surface area contributed by atoms with Crippen LogP contribution in [0.5, 0.6) is 5.75 Å². The molecule has 0 fully saturated rings. The molecule has 1 unspecified atom stereocenters. The van der Waals surface area contributed by atoms with E-state index >= 15 is 0 Å². The van der Waals surface area contributed by atoms with Gasteiger partial charge < -0.3 is 20.3 Å². The molecular weight excluding hydrogens is 230 g/mol. The fourth-order valence-corrected chi connectivity index (χ4v) is 2.03. The zero-order valence-electron chi connectivity index (χ0n) is 8.78. The summed E-state index contributed by atoms with van der Waals surface area (Å²) in [6.45, 7) is 0.751. The second-order valence-electron chi connectivity index (χ2n) is 3.71. The predicted octanol–water partition coefficient (Wildman–Crippen LogP) is 1.59. The fraction of sp³-hybridized carbons (Fsp3) is 0.455. The Morgan fingerprint density at radius 2 is 2.31 bits per heavy atom. The van der Waals surface area contributed by atoms with Crippen molar-refractivity contribution < 1.29 is 14.6 Å². The predicted molar refractivity (Wildman–Crippen MR) is 60.4 cm³/mol. The molecular formula is C11H14ClNO3.